The molecule has 0 bridgehead atoms. The number of esters is 2. The number of hydrogen-bond donors (Lipinski definition) is 4. The summed E-state index contributed by atoms with van der Waals surface area (Å²) in [7, 11) is 4.43. The molecule has 15 rings (SSSR count). The Kier molecular flexibility index (Phi) is 38.6. The molecule has 42 heteroatoms. The van der Waals surface area contributed by atoms with Crippen LogP contribution in [0.25, 0.3) is 44.1 Å². The number of amides is 1. The normalized spacial score (nSPS) is 11.2. The molecule has 125 heavy (non-hydrogen) atoms. The van der Waals surface area contributed by atoms with Crippen LogP contribution in [0, 0.1) is 34.6 Å². The molecule has 0 unspecified atom stereocenters. The Labute approximate surface area is 750 Å². The van der Waals surface area contributed by atoms with Crippen LogP contribution in [-0.4, -0.2) is 201 Å². The number of aryl methyl sites for hydroxylation is 5. The van der Waals surface area contributed by atoms with Gasteiger partial charge in [-0.2, -0.15) is 28.8 Å². The minimum absolute atomic E-state index is 0. The first-order valence-corrected chi connectivity index (χ1v) is 40.8. The SMILES string of the molecule is C1CCOC1.CCOC(=O)c1cnc2c(c(C)nn2Cc2ccc(OC)cn2)c1Cl.CCOC(=O)c1cnc2n[nH]c(C)c2c1Cl.COc1ccc(CO)cn1.COc1ccc(COS(C)(=O)=O)cn1.COc1ccc(Cn2nc(C)c3c(Cl)c(C(=O)Nc4ccc(C)cc4)cnc32)nc1.COc1ccc(Cn2nc(C)c3c(Cl)c(C(=O)O)cnc32)nc1.[Li+].[OH-]. The first-order valence-electron chi connectivity index (χ1n) is 37.5. The maximum absolute atomic E-state index is 12.7. The molecule has 1 aliphatic heterocycles. The summed E-state index contributed by atoms with van der Waals surface area (Å²) in [6.45, 7) is 16.5. The minimum atomic E-state index is -3.40. The van der Waals surface area contributed by atoms with Gasteiger partial charge in [-0.25, -0.2) is 58.3 Å². The monoisotopic (exact) mass is 1800 g/mol. The van der Waals surface area contributed by atoms with E-state index in [-0.39, 0.29) is 71.8 Å². The summed E-state index contributed by atoms with van der Waals surface area (Å²) >= 11 is 25.3. The molecule has 654 valence electrons. The first-order chi connectivity index (χ1) is 59.0. The van der Waals surface area contributed by atoms with Crippen molar-refractivity contribution in [1.29, 1.82) is 0 Å². The van der Waals surface area contributed by atoms with Crippen molar-refractivity contribution in [2.75, 3.05) is 73.5 Å². The van der Waals surface area contributed by atoms with Gasteiger partial charge in [0, 0.05) is 73.9 Å². The number of aromatic nitrogens is 17. The molecule has 1 saturated heterocycles. The average Bonchev–Trinajstić information content (AvgIpc) is 1.63. The maximum atomic E-state index is 12.7. The van der Waals surface area contributed by atoms with E-state index in [4.69, 9.17) is 94.5 Å². The Morgan fingerprint density at radius 3 is 1.26 bits per heavy atom. The zero-order chi connectivity index (χ0) is 89.0. The van der Waals surface area contributed by atoms with Gasteiger partial charge < -0.3 is 58.9 Å². The molecule has 14 heterocycles. The minimum Gasteiger partial charge on any atom is -0.870 e. The summed E-state index contributed by atoms with van der Waals surface area (Å²) in [6, 6.07) is 25.4. The van der Waals surface area contributed by atoms with E-state index in [2.05, 4.69) is 79.8 Å². The predicted octanol–water partition coefficient (Wildman–Crippen LogP) is 10.8. The van der Waals surface area contributed by atoms with Crippen molar-refractivity contribution in [1.82, 2.24) is 84.4 Å². The van der Waals surface area contributed by atoms with E-state index in [1.807, 2.05) is 88.4 Å². The third-order valence-corrected chi connectivity index (χ3v) is 19.7. The number of carbonyl (C=O) groups is 4. The van der Waals surface area contributed by atoms with Crippen molar-refractivity contribution >= 4 is 130 Å². The van der Waals surface area contributed by atoms with Gasteiger partial charge in [-0.15, -0.1) is 0 Å². The summed E-state index contributed by atoms with van der Waals surface area (Å²) in [5.41, 5.74) is 11.4. The molecule has 36 nitrogen and oxygen atoms in total. The van der Waals surface area contributed by atoms with E-state index in [0.29, 0.717) is 148 Å². The summed E-state index contributed by atoms with van der Waals surface area (Å²) < 4.78 is 70.8. The number of fused-ring (bicyclic) bond motifs is 4. The number of aromatic amines is 1. The van der Waals surface area contributed by atoms with Crippen molar-refractivity contribution in [3.8, 4) is 29.0 Å². The summed E-state index contributed by atoms with van der Waals surface area (Å²) in [4.78, 5) is 85.3. The molecule has 14 aromatic rings. The number of aliphatic hydroxyl groups is 1. The van der Waals surface area contributed by atoms with E-state index in [9.17, 15) is 27.6 Å². The molecular formula is C83H89Cl4LiN18O18S. The van der Waals surface area contributed by atoms with Gasteiger partial charge in [0.05, 0.1) is 205 Å². The standard InChI is InChI=1S/C22H20ClN5O2.C17H17ClN4O3.C15H13ClN4O3.C10H10ClN3O2.C8H11NO4S.C7H9NO2.C4H8O.Li.H2O/c1-13-4-6-15(7-5-13)26-22(29)18-11-25-21-19(20(18)23)14(2)27-28(21)12-16-8-9-17(30-3)10-24-16;1-4-25-17(23)13-8-20-16-14(15(13)18)10(2)21-22(16)9-11-5-6-12(24-3)7-19-11;1-8-12-13(16)11(15(21)22)6-18-14(12)20(19-8)7-9-3-4-10(23-2)5-17-9;1-3-16-10(15)6-4-12-9-7(8(6)11)5(2)13-14-9;1-12-8-4-3-7(5-9-8)6-13-14(2,10)11;1-10-7-3-2-6(5-9)4-8-7;1-2-4-5-3-1;;/h4-11H,12H2,1-3H3,(H,26,29);5-8H,4,9H2,1-3H3;3-6H,7H2,1-2H3,(H,21,22);4H,3H2,1-2H3,(H,12,13,14);3-5H,6H2,1-2H3;2-4,9H,5H2,1H3;1-4H2;;1H2/q;;;;;;;+1;/p-1. The van der Waals surface area contributed by atoms with Crippen LogP contribution in [0.15, 0.2) is 141 Å². The Morgan fingerprint density at radius 2 is 0.896 bits per heavy atom. The molecule has 1 aromatic carbocycles. The number of ether oxygens (including phenoxy) is 8. The molecule has 0 aliphatic carbocycles. The topological polar surface area (TPSA) is 466 Å². The van der Waals surface area contributed by atoms with E-state index >= 15 is 0 Å². The van der Waals surface area contributed by atoms with Gasteiger partial charge in [0.2, 0.25) is 11.8 Å². The van der Waals surface area contributed by atoms with E-state index < -0.39 is 28.0 Å². The van der Waals surface area contributed by atoms with Crippen molar-refractivity contribution in [2.24, 2.45) is 0 Å². The number of aliphatic hydroxyl groups excluding tert-OH is 1. The van der Waals surface area contributed by atoms with Crippen molar-refractivity contribution in [3.63, 3.8) is 0 Å². The first kappa shape index (κ1) is 100.0. The fourth-order valence-electron chi connectivity index (χ4n) is 11.4. The number of carboxylic acid groups (broad SMARTS) is 1. The molecule has 1 aliphatic rings. The third kappa shape index (κ3) is 27.4. The van der Waals surface area contributed by atoms with Crippen molar-refractivity contribution < 1.29 is 104 Å². The average molecular weight is 1810 g/mol. The van der Waals surface area contributed by atoms with Gasteiger partial charge in [-0.05, 0) is 133 Å². The smallest absolute Gasteiger partial charge is 0.870 e. The molecule has 1 amide bonds. The van der Waals surface area contributed by atoms with Crippen LogP contribution in [-0.2, 0) is 61.4 Å². The number of rotatable bonds is 22. The predicted molar refractivity (Wildman–Crippen MR) is 462 cm³/mol. The number of benzene rings is 1. The second-order valence-corrected chi connectivity index (χ2v) is 29.5. The summed E-state index contributed by atoms with van der Waals surface area (Å²) in [5.74, 6) is 0.688. The fraction of sp³-hybridized carbons (Fsp3) is 0.289. The van der Waals surface area contributed by atoms with E-state index in [0.717, 1.165) is 53.4 Å². The third-order valence-electron chi connectivity index (χ3n) is 17.6. The zero-order valence-corrected chi connectivity index (χ0v) is 74.4. The molecule has 0 saturated carbocycles. The van der Waals surface area contributed by atoms with Gasteiger partial charge in [0.15, 0.2) is 22.6 Å². The molecule has 1 fully saturated rings. The van der Waals surface area contributed by atoms with E-state index in [1.165, 1.54) is 50.9 Å². The van der Waals surface area contributed by atoms with Crippen LogP contribution in [0.5, 0.6) is 29.0 Å². The Hall–Kier alpha value is -12.1. The quantitative estimate of drug-likeness (QED) is 0.0278. The largest absolute Gasteiger partial charge is 1.00 e. The van der Waals surface area contributed by atoms with Crippen LogP contribution in [0.4, 0.5) is 5.69 Å². The van der Waals surface area contributed by atoms with Crippen LogP contribution in [0.2, 0.25) is 20.1 Å². The maximum Gasteiger partial charge on any atom is 1.00 e. The van der Waals surface area contributed by atoms with Crippen LogP contribution >= 0.6 is 46.4 Å². The van der Waals surface area contributed by atoms with Crippen LogP contribution in [0.3, 0.4) is 0 Å². The second-order valence-electron chi connectivity index (χ2n) is 26.3. The van der Waals surface area contributed by atoms with Gasteiger partial charge in [0.1, 0.15) is 17.2 Å². The number of aromatic carboxylic acids is 1. The number of anilines is 1. The number of pyridine rings is 9. The van der Waals surface area contributed by atoms with Gasteiger partial charge in [-0.1, -0.05) is 64.1 Å². The molecule has 0 radical (unpaired) electrons. The Balaban J connectivity index is 0.000000208. The fourth-order valence-corrected chi connectivity index (χ4v) is 13.1. The number of H-pyrrole nitrogens is 1. The number of halogens is 4. The molecule has 13 aromatic heterocycles. The zero-order valence-electron chi connectivity index (χ0n) is 70.6. The number of carbonyl (C=O) groups excluding carboxylic acids is 3. The van der Waals surface area contributed by atoms with E-state index in [1.54, 1.807) is 112 Å². The molecular weight excluding hydrogens is 1720 g/mol. The van der Waals surface area contributed by atoms with Gasteiger partial charge in [-0.3, -0.25) is 29.0 Å². The molecule has 5 N–H and O–H groups in total. The Morgan fingerprint density at radius 1 is 0.496 bits per heavy atom. The number of hydrogen-bond acceptors (Lipinski definition) is 30. The number of carboxylic acids is 1. The van der Waals surface area contributed by atoms with Crippen molar-refractivity contribution in [3.05, 3.63) is 240 Å². The molecule has 0 atom stereocenters. The molecule has 0 spiro atoms. The van der Waals surface area contributed by atoms with Gasteiger partial charge >= 0.3 is 36.8 Å². The van der Waals surface area contributed by atoms with Gasteiger partial charge in [0.25, 0.3) is 16.0 Å². The number of nitrogens with zero attached hydrogens (tertiary/aromatic N) is 16. The summed E-state index contributed by atoms with van der Waals surface area (Å²) in [5, 5.41) is 44.4. The summed E-state index contributed by atoms with van der Waals surface area (Å²) in [6.07, 6.45) is 17.1. The second kappa shape index (κ2) is 48.2. The van der Waals surface area contributed by atoms with Crippen molar-refractivity contribution in [2.45, 2.75) is 94.2 Å². The Bertz CT molecular complexity index is 6030. The number of nitrogens with one attached hydrogen (secondary N) is 2. The number of methoxy groups -OCH3 is 5. The van der Waals surface area contributed by atoms with Crippen LogP contribution in [0.1, 0.15) is 125 Å². The van der Waals surface area contributed by atoms with Crippen LogP contribution < -0.4 is 47.9 Å².